The number of esters is 1. The van der Waals surface area contributed by atoms with Gasteiger partial charge in [-0.1, -0.05) is 12.1 Å². The lowest BCUT2D eigenvalue weighted by atomic mass is 9.91. The van der Waals surface area contributed by atoms with E-state index in [9.17, 15) is 19.2 Å². The Morgan fingerprint density at radius 1 is 0.983 bits per heavy atom. The van der Waals surface area contributed by atoms with Gasteiger partial charge in [0.05, 0.1) is 43.3 Å². The van der Waals surface area contributed by atoms with Gasteiger partial charge in [0.15, 0.2) is 17.0 Å². The third kappa shape index (κ3) is 11.7. The highest BCUT2D eigenvalue weighted by Gasteiger charge is 2.46. The van der Waals surface area contributed by atoms with Crippen molar-refractivity contribution in [2.75, 3.05) is 30.0 Å². The molecule has 0 aliphatic carbocycles. The highest BCUT2D eigenvalue weighted by Crippen LogP contribution is 2.34. The number of ether oxygens (including phenoxy) is 5. The van der Waals surface area contributed by atoms with Crippen LogP contribution in [0.4, 0.5) is 25.9 Å². The Morgan fingerprint density at radius 3 is 2.19 bits per heavy atom. The molecule has 0 radical (unpaired) electrons. The number of hydrogen-bond acceptors (Lipinski definition) is 14. The molecule has 3 heterocycles. The lowest BCUT2D eigenvalue weighted by Gasteiger charge is -2.32. The number of aryl methyl sites for hydroxylation is 1. The molecule has 0 spiro atoms. The van der Waals surface area contributed by atoms with Crippen LogP contribution in [-0.2, 0) is 40.5 Å². The molecule has 18 heteroatoms. The molecule has 0 saturated heterocycles. The maximum Gasteiger partial charge on any atom is 0.425 e. The summed E-state index contributed by atoms with van der Waals surface area (Å²) in [5.74, 6) is 2.03. The summed E-state index contributed by atoms with van der Waals surface area (Å²) in [6, 6.07) is 6.68. The number of nitrogens with zero attached hydrogens (tertiary/aromatic N) is 6. The van der Waals surface area contributed by atoms with E-state index in [1.54, 1.807) is 102 Å². The van der Waals surface area contributed by atoms with E-state index in [1.165, 1.54) is 17.7 Å². The first kappa shape index (κ1) is 45.1. The van der Waals surface area contributed by atoms with Crippen LogP contribution in [0.3, 0.4) is 0 Å². The molecule has 312 valence electrons. The van der Waals surface area contributed by atoms with Crippen LogP contribution in [0.5, 0.6) is 0 Å². The number of rotatable bonds is 15. The number of fused-ring (bicyclic) bond motifs is 1. The second-order valence-electron chi connectivity index (χ2n) is 15.1. The van der Waals surface area contributed by atoms with Crippen molar-refractivity contribution in [1.29, 1.82) is 0 Å². The predicted molar refractivity (Wildman–Crippen MR) is 217 cm³/mol. The molecule has 2 N–H and O–H groups in total. The largest absolute Gasteiger partial charge is 0.464 e. The number of carbonyl (C=O) groups excluding carboxylic acids is 4. The first-order chi connectivity index (χ1) is 27.3. The van der Waals surface area contributed by atoms with E-state index >= 15 is 0 Å². The van der Waals surface area contributed by atoms with E-state index < -0.39 is 47.3 Å². The van der Waals surface area contributed by atoms with Crippen molar-refractivity contribution in [1.82, 2.24) is 29.8 Å². The van der Waals surface area contributed by atoms with Crippen LogP contribution in [0.25, 0.3) is 11.2 Å². The van der Waals surface area contributed by atoms with Crippen molar-refractivity contribution < 1.29 is 42.9 Å². The van der Waals surface area contributed by atoms with Gasteiger partial charge in [-0.3, -0.25) is 4.57 Å². The molecule has 58 heavy (non-hydrogen) atoms. The van der Waals surface area contributed by atoms with E-state index in [0.717, 1.165) is 0 Å². The summed E-state index contributed by atoms with van der Waals surface area (Å²) in [5, 5.41) is 7.17. The number of benzene rings is 1. The zero-order chi connectivity index (χ0) is 42.8. The number of imide groups is 1. The average Bonchev–Trinajstić information content (AvgIpc) is 3.81. The quantitative estimate of drug-likeness (QED) is 0.0703. The third-order valence-electron chi connectivity index (χ3n) is 7.89. The molecule has 1 aromatic carbocycles. The van der Waals surface area contributed by atoms with Crippen molar-refractivity contribution in [2.24, 2.45) is 0 Å². The molecule has 3 aromatic heterocycles. The van der Waals surface area contributed by atoms with E-state index in [4.69, 9.17) is 30.1 Å². The first-order valence-electron chi connectivity index (χ1n) is 18.7. The zero-order valence-corrected chi connectivity index (χ0v) is 35.4. The standard InChI is InChI=1S/C40H52N8O9S/c1-12-15-30(47-23-42-31-32(47)44-26(5)45-33(31)48(36(51)56-38(6,7)8)37(52)57-39(9,10)11)55-25(4)21-54-40(34(49)53-14-3,29-22-58-24-43-29)20-27-16-18-28(19-17-27)46-35(50)41-13-2/h1,16-19,22-25,30H,13-15,20-21H2,2-11H3,(H2,41,46,50). The van der Waals surface area contributed by atoms with Crippen LogP contribution < -0.4 is 15.5 Å². The lowest BCUT2D eigenvalue weighted by Crippen LogP contribution is -2.44. The summed E-state index contributed by atoms with van der Waals surface area (Å²) >= 11 is 1.30. The predicted octanol–water partition coefficient (Wildman–Crippen LogP) is 7.05. The molecule has 4 amide bonds. The average molecular weight is 821 g/mol. The van der Waals surface area contributed by atoms with Gasteiger partial charge >= 0.3 is 24.2 Å². The first-order valence-corrected chi connectivity index (χ1v) is 19.6. The summed E-state index contributed by atoms with van der Waals surface area (Å²) < 4.78 is 31.3. The molecule has 0 bridgehead atoms. The fraction of sp³-hybridized carbons (Fsp3) is 0.500. The number of thiazole rings is 1. The van der Waals surface area contributed by atoms with Gasteiger partial charge in [0.2, 0.25) is 5.60 Å². The van der Waals surface area contributed by atoms with Gasteiger partial charge in [-0.05, 0) is 86.9 Å². The Hall–Kier alpha value is -5.64. The monoisotopic (exact) mass is 820 g/mol. The minimum Gasteiger partial charge on any atom is -0.464 e. The summed E-state index contributed by atoms with van der Waals surface area (Å²) in [6.07, 6.45) is 3.72. The van der Waals surface area contributed by atoms with Crippen LogP contribution >= 0.6 is 11.3 Å². The maximum atomic E-state index is 13.9. The van der Waals surface area contributed by atoms with Gasteiger partial charge in [-0.2, -0.15) is 4.90 Å². The molecule has 0 aliphatic heterocycles. The third-order valence-corrected chi connectivity index (χ3v) is 8.48. The molecule has 0 aliphatic rings. The molecule has 0 fully saturated rings. The molecule has 17 nitrogen and oxygen atoms in total. The van der Waals surface area contributed by atoms with Crippen LogP contribution in [0.15, 0.2) is 41.5 Å². The van der Waals surface area contributed by atoms with Gasteiger partial charge in [0, 0.05) is 24.0 Å². The maximum absolute atomic E-state index is 13.9. The number of hydrogen-bond donors (Lipinski definition) is 2. The van der Waals surface area contributed by atoms with Crippen molar-refractivity contribution in [3.63, 3.8) is 0 Å². The van der Waals surface area contributed by atoms with Gasteiger partial charge in [-0.25, -0.2) is 39.1 Å². The van der Waals surface area contributed by atoms with E-state index in [1.807, 2.05) is 6.92 Å². The number of terminal acetylenes is 1. The molecular weight excluding hydrogens is 769 g/mol. The molecule has 3 unspecified atom stereocenters. The number of imidazole rings is 1. The van der Waals surface area contributed by atoms with E-state index in [0.29, 0.717) is 28.4 Å². The van der Waals surface area contributed by atoms with Gasteiger partial charge < -0.3 is 34.3 Å². The van der Waals surface area contributed by atoms with Crippen molar-refractivity contribution in [3.05, 3.63) is 58.6 Å². The molecule has 4 rings (SSSR count). The molecule has 3 atom stereocenters. The number of urea groups is 1. The number of amides is 4. The fourth-order valence-electron chi connectivity index (χ4n) is 5.56. The second kappa shape index (κ2) is 19.2. The highest BCUT2D eigenvalue weighted by atomic mass is 32.1. The minimum atomic E-state index is -1.67. The zero-order valence-electron chi connectivity index (χ0n) is 34.6. The Bertz CT molecular complexity index is 2060. The van der Waals surface area contributed by atoms with Crippen molar-refractivity contribution >= 4 is 58.2 Å². The smallest absolute Gasteiger partial charge is 0.425 e. The SMILES string of the molecule is C#CCC(OC(C)COC(Cc1ccc(NC(=O)NCC)cc1)(C(=O)OCC)c1cscn1)n1cnc2c(N(C(=O)OC(C)(C)C)C(=O)OC(C)(C)C)nc(C)nc21. The van der Waals surface area contributed by atoms with Crippen LogP contribution in [0, 0.1) is 19.3 Å². The summed E-state index contributed by atoms with van der Waals surface area (Å²) in [7, 11) is 0. The van der Waals surface area contributed by atoms with Gasteiger partial charge in [0.25, 0.3) is 0 Å². The van der Waals surface area contributed by atoms with E-state index in [-0.39, 0.29) is 54.9 Å². The van der Waals surface area contributed by atoms with Crippen LogP contribution in [0.2, 0.25) is 0 Å². The summed E-state index contributed by atoms with van der Waals surface area (Å²) in [4.78, 5) is 71.7. The minimum absolute atomic E-state index is 0.0435. The Kier molecular flexibility index (Phi) is 14.9. The molecular formula is C40H52N8O9S. The number of nitrogens with one attached hydrogen (secondary N) is 2. The van der Waals surface area contributed by atoms with Crippen molar-refractivity contribution in [2.45, 2.75) is 111 Å². The lowest BCUT2D eigenvalue weighted by molar-refractivity contribution is -0.183. The molecule has 4 aromatic rings. The Balaban J connectivity index is 1.67. The molecule has 0 saturated carbocycles. The van der Waals surface area contributed by atoms with Crippen molar-refractivity contribution in [3.8, 4) is 12.3 Å². The van der Waals surface area contributed by atoms with Gasteiger partial charge in [-0.15, -0.1) is 23.7 Å². The normalized spacial score (nSPS) is 13.7. The Morgan fingerprint density at radius 2 is 1.64 bits per heavy atom. The number of aromatic nitrogens is 5. The number of anilines is 2. The van der Waals surface area contributed by atoms with Crippen LogP contribution in [0.1, 0.15) is 92.0 Å². The Labute approximate surface area is 342 Å². The second-order valence-corrected chi connectivity index (χ2v) is 15.8. The fourth-order valence-corrected chi connectivity index (χ4v) is 6.17. The van der Waals surface area contributed by atoms with E-state index in [2.05, 4.69) is 36.5 Å². The van der Waals surface area contributed by atoms with Gasteiger partial charge in [0.1, 0.15) is 23.3 Å². The summed E-state index contributed by atoms with van der Waals surface area (Å²) in [5.41, 5.74) is -0.0632. The van der Waals surface area contributed by atoms with Crippen LogP contribution in [-0.4, -0.2) is 85.8 Å². The topological polar surface area (TPSA) is 198 Å². The number of carbonyl (C=O) groups is 4. The highest BCUT2D eigenvalue weighted by molar-refractivity contribution is 7.07. The summed E-state index contributed by atoms with van der Waals surface area (Å²) in [6.45, 7) is 17.3.